The molecule has 2 unspecified atom stereocenters. The summed E-state index contributed by atoms with van der Waals surface area (Å²) in [7, 11) is 0. The van der Waals surface area contributed by atoms with E-state index in [9.17, 15) is 4.79 Å². The number of halogens is 4. The molecular formula is C19H16Cl4N2O. The molecule has 2 N–H and O–H groups in total. The van der Waals surface area contributed by atoms with E-state index in [0.29, 0.717) is 25.7 Å². The molecule has 0 bridgehead atoms. The van der Waals surface area contributed by atoms with Crippen molar-refractivity contribution in [1.29, 1.82) is 0 Å². The van der Waals surface area contributed by atoms with Gasteiger partial charge in [0.2, 0.25) is 0 Å². The molecule has 2 aromatic rings. The van der Waals surface area contributed by atoms with E-state index >= 15 is 0 Å². The highest BCUT2D eigenvalue weighted by molar-refractivity contribution is 6.42. The zero-order chi connectivity index (χ0) is 19.0. The van der Waals surface area contributed by atoms with Crippen molar-refractivity contribution in [1.82, 2.24) is 10.6 Å². The predicted octanol–water partition coefficient (Wildman–Crippen LogP) is 6.10. The van der Waals surface area contributed by atoms with Crippen LogP contribution in [0.4, 0.5) is 0 Å². The fourth-order valence-electron chi connectivity index (χ4n) is 3.10. The number of rotatable bonds is 3. The van der Waals surface area contributed by atoms with Crippen LogP contribution < -0.4 is 10.6 Å². The molecule has 1 heterocycles. The minimum Gasteiger partial charge on any atom is -0.369 e. The van der Waals surface area contributed by atoms with Gasteiger partial charge >= 0.3 is 0 Å². The van der Waals surface area contributed by atoms with Crippen LogP contribution in [0.2, 0.25) is 20.1 Å². The third-order valence-electron chi connectivity index (χ3n) is 4.32. The standard InChI is InChI=1S/C19H16Cl4N2O/c1-9-17(10(2)26)18(11-3-5-13(20)15(22)7-11)25-19(24-9)12-4-6-14(21)16(23)8-12/h3-8,18-19,24-25H,1-2H3. The fraction of sp³-hybridized carbons (Fsp3) is 0.211. The highest BCUT2D eigenvalue weighted by Crippen LogP contribution is 2.35. The van der Waals surface area contributed by atoms with Crippen LogP contribution in [0.5, 0.6) is 0 Å². The number of benzene rings is 2. The fourth-order valence-corrected chi connectivity index (χ4v) is 3.71. The lowest BCUT2D eigenvalue weighted by Gasteiger charge is -2.35. The average Bonchev–Trinajstić information content (AvgIpc) is 2.58. The van der Waals surface area contributed by atoms with Gasteiger partial charge in [-0.2, -0.15) is 0 Å². The van der Waals surface area contributed by atoms with E-state index in [2.05, 4.69) is 10.6 Å². The smallest absolute Gasteiger partial charge is 0.159 e. The van der Waals surface area contributed by atoms with Gasteiger partial charge in [-0.3, -0.25) is 10.1 Å². The van der Waals surface area contributed by atoms with Crippen molar-refractivity contribution in [2.24, 2.45) is 0 Å². The predicted molar refractivity (Wildman–Crippen MR) is 108 cm³/mol. The lowest BCUT2D eigenvalue weighted by Crippen LogP contribution is -2.43. The number of carbonyl (C=O) groups is 1. The number of hydrogen-bond acceptors (Lipinski definition) is 3. The van der Waals surface area contributed by atoms with Crippen LogP contribution in [0.3, 0.4) is 0 Å². The molecule has 136 valence electrons. The van der Waals surface area contributed by atoms with E-state index in [1.165, 1.54) is 0 Å². The molecule has 3 nitrogen and oxygen atoms in total. The maximum Gasteiger partial charge on any atom is 0.159 e. The summed E-state index contributed by atoms with van der Waals surface area (Å²) in [5, 5.41) is 8.64. The van der Waals surface area contributed by atoms with Gasteiger partial charge in [-0.05, 0) is 49.2 Å². The molecule has 7 heteroatoms. The molecule has 0 fully saturated rings. The Kier molecular flexibility index (Phi) is 5.85. The Balaban J connectivity index is 2.05. The molecule has 0 amide bonds. The van der Waals surface area contributed by atoms with Gasteiger partial charge in [0, 0.05) is 11.3 Å². The summed E-state index contributed by atoms with van der Waals surface area (Å²) in [5.41, 5.74) is 3.21. The minimum atomic E-state index is -0.331. The van der Waals surface area contributed by atoms with Crippen LogP contribution in [0, 0.1) is 0 Å². The SMILES string of the molecule is CC(=O)C1=C(C)NC(c2ccc(Cl)c(Cl)c2)NC1c1ccc(Cl)c(Cl)c1. The molecule has 1 aliphatic rings. The molecule has 0 aromatic heterocycles. The Labute approximate surface area is 172 Å². The summed E-state index contributed by atoms with van der Waals surface area (Å²) < 4.78 is 0. The first-order valence-corrected chi connectivity index (χ1v) is 9.43. The first-order chi connectivity index (χ1) is 12.3. The lowest BCUT2D eigenvalue weighted by atomic mass is 9.91. The first kappa shape index (κ1) is 19.5. The molecular weight excluding hydrogens is 414 g/mol. The number of Topliss-reactive ketones (excluding diaryl/α,β-unsaturated/α-hetero) is 1. The first-order valence-electron chi connectivity index (χ1n) is 7.92. The summed E-state index contributed by atoms with van der Waals surface area (Å²) in [5.74, 6) is -0.0221. The second kappa shape index (κ2) is 7.79. The molecule has 2 atom stereocenters. The molecule has 0 aliphatic carbocycles. The van der Waals surface area contributed by atoms with E-state index in [1.807, 2.05) is 19.1 Å². The Hall–Kier alpha value is -1.23. The zero-order valence-corrected chi connectivity index (χ0v) is 17.1. The summed E-state index contributed by atoms with van der Waals surface area (Å²) in [6.45, 7) is 3.43. The average molecular weight is 430 g/mol. The van der Waals surface area contributed by atoms with Crippen LogP contribution >= 0.6 is 46.4 Å². The zero-order valence-electron chi connectivity index (χ0n) is 14.0. The van der Waals surface area contributed by atoms with Crippen LogP contribution in [0.25, 0.3) is 0 Å². The maximum absolute atomic E-state index is 12.3. The van der Waals surface area contributed by atoms with E-state index < -0.39 is 0 Å². The highest BCUT2D eigenvalue weighted by Gasteiger charge is 2.31. The van der Waals surface area contributed by atoms with Crippen molar-refractivity contribution in [3.05, 3.63) is 78.9 Å². The topological polar surface area (TPSA) is 41.1 Å². The Bertz CT molecular complexity index is 910. The third kappa shape index (κ3) is 3.88. The molecule has 0 saturated carbocycles. The Morgan fingerprint density at radius 1 is 0.885 bits per heavy atom. The quantitative estimate of drug-likeness (QED) is 0.619. The van der Waals surface area contributed by atoms with Gasteiger partial charge in [0.15, 0.2) is 5.78 Å². The van der Waals surface area contributed by atoms with Crippen molar-refractivity contribution in [2.45, 2.75) is 26.1 Å². The normalized spacial score (nSPS) is 20.1. The van der Waals surface area contributed by atoms with Gasteiger partial charge in [0.1, 0.15) is 6.17 Å². The van der Waals surface area contributed by atoms with Crippen LogP contribution in [-0.4, -0.2) is 5.78 Å². The summed E-state index contributed by atoms with van der Waals surface area (Å²) >= 11 is 24.4. The molecule has 3 rings (SSSR count). The minimum absolute atomic E-state index is 0.0221. The second-order valence-corrected chi connectivity index (χ2v) is 7.75. The Morgan fingerprint density at radius 3 is 1.96 bits per heavy atom. The van der Waals surface area contributed by atoms with Gasteiger partial charge in [0.25, 0.3) is 0 Å². The number of ketones is 1. The summed E-state index contributed by atoms with van der Waals surface area (Å²) in [4.78, 5) is 12.3. The van der Waals surface area contributed by atoms with Crippen LogP contribution in [-0.2, 0) is 4.79 Å². The van der Waals surface area contributed by atoms with E-state index in [1.54, 1.807) is 31.2 Å². The van der Waals surface area contributed by atoms with Crippen molar-refractivity contribution in [2.75, 3.05) is 0 Å². The van der Waals surface area contributed by atoms with E-state index in [0.717, 1.165) is 16.8 Å². The number of hydrogen-bond donors (Lipinski definition) is 2. The maximum atomic E-state index is 12.3. The molecule has 0 spiro atoms. The van der Waals surface area contributed by atoms with Crippen molar-refractivity contribution < 1.29 is 4.79 Å². The molecule has 0 radical (unpaired) electrons. The van der Waals surface area contributed by atoms with Gasteiger partial charge in [-0.1, -0.05) is 58.5 Å². The van der Waals surface area contributed by atoms with E-state index in [4.69, 9.17) is 46.4 Å². The summed E-state index contributed by atoms with van der Waals surface area (Å²) in [6, 6.07) is 10.5. The van der Waals surface area contributed by atoms with E-state index in [-0.39, 0.29) is 18.0 Å². The monoisotopic (exact) mass is 428 g/mol. The largest absolute Gasteiger partial charge is 0.369 e. The van der Waals surface area contributed by atoms with Gasteiger partial charge in [-0.15, -0.1) is 0 Å². The van der Waals surface area contributed by atoms with Crippen molar-refractivity contribution in [3.63, 3.8) is 0 Å². The molecule has 2 aromatic carbocycles. The highest BCUT2D eigenvalue weighted by atomic mass is 35.5. The van der Waals surface area contributed by atoms with Crippen LogP contribution in [0.15, 0.2) is 47.7 Å². The van der Waals surface area contributed by atoms with Crippen molar-refractivity contribution in [3.8, 4) is 0 Å². The lowest BCUT2D eigenvalue weighted by molar-refractivity contribution is -0.114. The van der Waals surface area contributed by atoms with Crippen LogP contribution in [0.1, 0.15) is 37.2 Å². The van der Waals surface area contributed by atoms with Gasteiger partial charge in [0.05, 0.1) is 26.1 Å². The van der Waals surface area contributed by atoms with Gasteiger partial charge < -0.3 is 5.32 Å². The number of nitrogens with one attached hydrogen (secondary N) is 2. The molecule has 1 aliphatic heterocycles. The second-order valence-electron chi connectivity index (χ2n) is 6.12. The number of carbonyl (C=O) groups excluding carboxylic acids is 1. The molecule has 0 saturated heterocycles. The number of allylic oxidation sites excluding steroid dienone is 1. The third-order valence-corrected chi connectivity index (χ3v) is 5.80. The van der Waals surface area contributed by atoms with Gasteiger partial charge in [-0.25, -0.2) is 0 Å². The summed E-state index contributed by atoms with van der Waals surface area (Å²) in [6.07, 6.45) is -0.243. The Morgan fingerprint density at radius 2 is 1.42 bits per heavy atom. The van der Waals surface area contributed by atoms with Crippen molar-refractivity contribution >= 4 is 52.2 Å². The molecule has 26 heavy (non-hydrogen) atoms.